The van der Waals surface area contributed by atoms with E-state index in [1.165, 1.54) is 44.9 Å². The molecule has 4 N–H and O–H groups in total. The number of hydrogen-bond donors (Lipinski definition) is 2. The molecule has 0 unspecified atom stereocenters. The number of likely N-dealkylation sites (tertiary alicyclic amines) is 2. The number of carbonyl (C=O) groups is 1. The summed E-state index contributed by atoms with van der Waals surface area (Å²) in [5.74, 6) is 6.22. The Morgan fingerprint density at radius 1 is 1.15 bits per heavy atom. The molecule has 2 saturated heterocycles. The minimum Gasteiger partial charge on any atom is -0.404 e. The molecular formula is C31H37ClN6O. The van der Waals surface area contributed by atoms with Gasteiger partial charge < -0.3 is 21.3 Å². The molecule has 8 heteroatoms. The molecule has 0 radical (unpaired) electrons. The van der Waals surface area contributed by atoms with E-state index >= 15 is 0 Å². The van der Waals surface area contributed by atoms with Crippen molar-refractivity contribution < 1.29 is 4.79 Å². The molecule has 1 aromatic carbocycles. The second-order valence-corrected chi connectivity index (χ2v) is 10.4. The van der Waals surface area contributed by atoms with Crippen LogP contribution in [0.1, 0.15) is 60.6 Å². The molecule has 7 nitrogen and oxygen atoms in total. The summed E-state index contributed by atoms with van der Waals surface area (Å²) in [6.45, 7) is 9.55. The molecule has 0 spiro atoms. The normalized spacial score (nSPS) is 17.2. The van der Waals surface area contributed by atoms with Crippen LogP contribution in [0.2, 0.25) is 5.02 Å². The highest BCUT2D eigenvalue weighted by atomic mass is 35.5. The Kier molecular flexibility index (Phi) is 9.80. The van der Waals surface area contributed by atoms with Crippen LogP contribution in [0.15, 0.2) is 60.7 Å². The molecule has 0 bridgehead atoms. The quantitative estimate of drug-likeness (QED) is 0.405. The summed E-state index contributed by atoms with van der Waals surface area (Å²) >= 11 is 6.70. The van der Waals surface area contributed by atoms with Gasteiger partial charge in [-0.1, -0.05) is 49.4 Å². The lowest BCUT2D eigenvalue weighted by molar-refractivity contribution is 0.0590. The third-order valence-electron chi connectivity index (χ3n) is 7.38. The minimum absolute atomic E-state index is 0.0217. The number of hydrogen-bond acceptors (Lipinski definition) is 6. The van der Waals surface area contributed by atoms with Crippen molar-refractivity contribution in [1.82, 2.24) is 19.8 Å². The van der Waals surface area contributed by atoms with Crippen LogP contribution in [-0.4, -0.2) is 57.9 Å². The fourth-order valence-corrected chi connectivity index (χ4v) is 5.50. The number of benzene rings is 1. The first-order valence-electron chi connectivity index (χ1n) is 13.6. The van der Waals surface area contributed by atoms with Crippen molar-refractivity contribution in [2.75, 3.05) is 26.2 Å². The summed E-state index contributed by atoms with van der Waals surface area (Å²) in [7, 11) is 0. The first kappa shape index (κ1) is 28.4. The van der Waals surface area contributed by atoms with Gasteiger partial charge in [0.15, 0.2) is 0 Å². The van der Waals surface area contributed by atoms with Crippen LogP contribution in [0, 0.1) is 11.8 Å². The van der Waals surface area contributed by atoms with Crippen LogP contribution >= 0.6 is 11.6 Å². The van der Waals surface area contributed by atoms with E-state index in [0.717, 1.165) is 37.2 Å². The van der Waals surface area contributed by atoms with Crippen LogP contribution in [0.4, 0.5) is 0 Å². The first-order chi connectivity index (χ1) is 18.9. The number of halogens is 1. The predicted octanol–water partition coefficient (Wildman–Crippen LogP) is 4.67. The Bertz CT molecular complexity index is 1320. The molecule has 204 valence electrons. The Morgan fingerprint density at radius 2 is 1.90 bits per heavy atom. The Balaban J connectivity index is 1.54. The molecule has 1 amide bonds. The maximum atomic E-state index is 13.4. The summed E-state index contributed by atoms with van der Waals surface area (Å²) in [6.07, 6.45) is 12.9. The molecule has 0 saturated carbocycles. The SMILES string of the molecule is C=C(N)/C=C\C(C#Cc1c(CC)ncnc1-c1ccc(C(=O)N2CCC(N3CCCCC3)CC2)c(Cl)c1)=C/N. The monoisotopic (exact) mass is 544 g/mol. The maximum Gasteiger partial charge on any atom is 0.255 e. The molecule has 2 aliphatic rings. The van der Waals surface area contributed by atoms with Crippen molar-refractivity contribution in [3.63, 3.8) is 0 Å². The Hall–Kier alpha value is -3.60. The number of allylic oxidation sites excluding steroid dienone is 3. The number of aryl methyl sites for hydroxylation is 1. The van der Waals surface area contributed by atoms with Crippen molar-refractivity contribution in [2.45, 2.75) is 51.5 Å². The number of rotatable bonds is 6. The second-order valence-electron chi connectivity index (χ2n) is 9.99. The third kappa shape index (κ3) is 7.08. The largest absolute Gasteiger partial charge is 0.404 e. The van der Waals surface area contributed by atoms with Crippen LogP contribution in [-0.2, 0) is 6.42 Å². The van der Waals surface area contributed by atoms with Gasteiger partial charge in [-0.25, -0.2) is 9.97 Å². The van der Waals surface area contributed by atoms with Gasteiger partial charge in [-0.2, -0.15) is 0 Å². The fourth-order valence-electron chi connectivity index (χ4n) is 5.23. The summed E-state index contributed by atoms with van der Waals surface area (Å²) in [5.41, 5.74) is 15.8. The van der Waals surface area contributed by atoms with E-state index in [9.17, 15) is 4.79 Å². The molecule has 1 aromatic heterocycles. The smallest absolute Gasteiger partial charge is 0.255 e. The number of carbonyl (C=O) groups excluding carboxylic acids is 1. The van der Waals surface area contributed by atoms with Gasteiger partial charge in [0.05, 0.1) is 27.5 Å². The van der Waals surface area contributed by atoms with E-state index in [4.69, 9.17) is 23.1 Å². The number of amides is 1. The highest BCUT2D eigenvalue weighted by Gasteiger charge is 2.29. The van der Waals surface area contributed by atoms with Crippen molar-refractivity contribution >= 4 is 17.5 Å². The standard InChI is InChI=1S/C31H37ClN6O/c1-3-29-27(11-9-23(20-33)8-7-22(2)34)30(36-21-35-29)24-10-12-26(28(32)19-24)31(39)38-17-13-25(14-18-38)37-15-5-4-6-16-37/h7-8,10,12,19-21,25H,2-6,13-18,33-34H2,1H3/b8-7-,23-20+. The summed E-state index contributed by atoms with van der Waals surface area (Å²) < 4.78 is 0. The molecule has 4 rings (SSSR count). The summed E-state index contributed by atoms with van der Waals surface area (Å²) in [5, 5.41) is 0.401. The molecule has 3 heterocycles. The first-order valence-corrected chi connectivity index (χ1v) is 14.0. The van der Waals surface area contributed by atoms with E-state index in [1.54, 1.807) is 24.3 Å². The summed E-state index contributed by atoms with van der Waals surface area (Å²) in [6, 6.07) is 6.05. The van der Waals surface area contributed by atoms with Gasteiger partial charge in [0.25, 0.3) is 5.91 Å². The van der Waals surface area contributed by atoms with Gasteiger partial charge in [0.2, 0.25) is 0 Å². The van der Waals surface area contributed by atoms with Gasteiger partial charge >= 0.3 is 0 Å². The highest BCUT2D eigenvalue weighted by Crippen LogP contribution is 2.29. The summed E-state index contributed by atoms with van der Waals surface area (Å²) in [4.78, 5) is 26.9. The number of nitrogens with two attached hydrogens (primary N) is 2. The highest BCUT2D eigenvalue weighted by molar-refractivity contribution is 6.34. The van der Waals surface area contributed by atoms with E-state index in [2.05, 4.69) is 33.3 Å². The second kappa shape index (κ2) is 13.5. The number of nitrogens with zero attached hydrogens (tertiary/aromatic N) is 4. The van der Waals surface area contributed by atoms with Gasteiger partial charge in [-0.05, 0) is 69.5 Å². The van der Waals surface area contributed by atoms with Crippen molar-refractivity contribution in [2.24, 2.45) is 11.5 Å². The maximum absolute atomic E-state index is 13.4. The third-order valence-corrected chi connectivity index (χ3v) is 7.69. The lowest BCUT2D eigenvalue weighted by atomic mass is 9.98. The molecule has 2 fully saturated rings. The van der Waals surface area contributed by atoms with Gasteiger partial charge in [-0.15, -0.1) is 0 Å². The van der Waals surface area contributed by atoms with E-state index in [1.807, 2.05) is 17.9 Å². The van der Waals surface area contributed by atoms with Crippen LogP contribution in [0.5, 0.6) is 0 Å². The molecule has 39 heavy (non-hydrogen) atoms. The van der Waals surface area contributed by atoms with Crippen molar-refractivity contribution in [3.05, 3.63) is 82.6 Å². The lowest BCUT2D eigenvalue weighted by Crippen LogP contribution is -2.48. The molecular weight excluding hydrogens is 508 g/mol. The van der Waals surface area contributed by atoms with Crippen LogP contribution < -0.4 is 11.5 Å². The van der Waals surface area contributed by atoms with Crippen LogP contribution in [0.25, 0.3) is 11.3 Å². The number of aromatic nitrogens is 2. The van der Waals surface area contributed by atoms with Crippen molar-refractivity contribution in [3.8, 4) is 23.1 Å². The zero-order valence-electron chi connectivity index (χ0n) is 22.6. The zero-order chi connectivity index (χ0) is 27.8. The lowest BCUT2D eigenvalue weighted by Gasteiger charge is -2.40. The Labute approximate surface area is 236 Å². The van der Waals surface area contributed by atoms with E-state index in [0.29, 0.717) is 45.6 Å². The molecule has 0 aliphatic carbocycles. The Morgan fingerprint density at radius 3 is 2.54 bits per heavy atom. The number of piperidine rings is 2. The fraction of sp³-hybridized carbons (Fsp3) is 0.387. The van der Waals surface area contributed by atoms with E-state index < -0.39 is 0 Å². The molecule has 0 atom stereocenters. The molecule has 2 aliphatic heterocycles. The zero-order valence-corrected chi connectivity index (χ0v) is 23.4. The van der Waals surface area contributed by atoms with Crippen LogP contribution in [0.3, 0.4) is 0 Å². The van der Waals surface area contributed by atoms with Gasteiger partial charge in [0.1, 0.15) is 6.33 Å². The van der Waals surface area contributed by atoms with Gasteiger partial charge in [-0.3, -0.25) is 4.79 Å². The predicted molar refractivity (Wildman–Crippen MR) is 158 cm³/mol. The topological polar surface area (TPSA) is 101 Å². The molecule has 2 aromatic rings. The van der Waals surface area contributed by atoms with Gasteiger partial charge in [0, 0.05) is 42.2 Å². The van der Waals surface area contributed by atoms with Crippen molar-refractivity contribution in [1.29, 1.82) is 0 Å². The average Bonchev–Trinajstić information content (AvgIpc) is 2.97. The average molecular weight is 545 g/mol. The minimum atomic E-state index is -0.0217. The van der Waals surface area contributed by atoms with E-state index in [-0.39, 0.29) is 5.91 Å².